The first-order chi connectivity index (χ1) is 8.58. The Kier molecular flexibility index (Phi) is 5.90. The van der Waals surface area contributed by atoms with E-state index in [1.807, 2.05) is 19.9 Å². The van der Waals surface area contributed by atoms with E-state index in [1.54, 1.807) is 0 Å². The van der Waals surface area contributed by atoms with Gasteiger partial charge in [0.2, 0.25) is 5.91 Å². The summed E-state index contributed by atoms with van der Waals surface area (Å²) in [7, 11) is 0. The van der Waals surface area contributed by atoms with Gasteiger partial charge in [-0.3, -0.25) is 4.79 Å². The molecule has 0 spiro atoms. The SMILES string of the molecule is CCCCC(CC)C(=O)Nc1cc(C)ccc1C. The van der Waals surface area contributed by atoms with Crippen LogP contribution in [0, 0.1) is 19.8 Å². The number of anilines is 1. The molecule has 1 amide bonds. The average Bonchev–Trinajstić information content (AvgIpc) is 2.35. The van der Waals surface area contributed by atoms with E-state index in [2.05, 4.69) is 31.3 Å². The highest BCUT2D eigenvalue weighted by atomic mass is 16.1. The Balaban J connectivity index is 2.70. The van der Waals surface area contributed by atoms with Crippen LogP contribution in [0.15, 0.2) is 18.2 Å². The molecule has 1 aromatic rings. The molecule has 2 nitrogen and oxygen atoms in total. The van der Waals surface area contributed by atoms with E-state index in [-0.39, 0.29) is 11.8 Å². The van der Waals surface area contributed by atoms with Crippen LogP contribution in [0.5, 0.6) is 0 Å². The first kappa shape index (κ1) is 14.7. The molecule has 1 N–H and O–H groups in total. The van der Waals surface area contributed by atoms with Crippen molar-refractivity contribution in [2.45, 2.75) is 53.4 Å². The molecule has 0 aliphatic rings. The van der Waals surface area contributed by atoms with Gasteiger partial charge >= 0.3 is 0 Å². The van der Waals surface area contributed by atoms with Gasteiger partial charge in [0.25, 0.3) is 0 Å². The molecule has 18 heavy (non-hydrogen) atoms. The molecule has 0 saturated carbocycles. The van der Waals surface area contributed by atoms with Gasteiger partial charge in [-0.15, -0.1) is 0 Å². The molecule has 0 aliphatic carbocycles. The lowest BCUT2D eigenvalue weighted by Crippen LogP contribution is -2.22. The minimum Gasteiger partial charge on any atom is -0.326 e. The zero-order valence-corrected chi connectivity index (χ0v) is 12.0. The number of unbranched alkanes of at least 4 members (excludes halogenated alkanes) is 1. The van der Waals surface area contributed by atoms with Crippen LogP contribution in [0.3, 0.4) is 0 Å². The maximum Gasteiger partial charge on any atom is 0.227 e. The number of carbonyl (C=O) groups excluding carboxylic acids is 1. The second kappa shape index (κ2) is 7.20. The second-order valence-electron chi connectivity index (χ2n) is 5.06. The molecule has 0 bridgehead atoms. The monoisotopic (exact) mass is 247 g/mol. The number of carbonyl (C=O) groups is 1. The quantitative estimate of drug-likeness (QED) is 0.790. The molecule has 100 valence electrons. The normalized spacial score (nSPS) is 12.2. The molecule has 2 heteroatoms. The van der Waals surface area contributed by atoms with Crippen LogP contribution >= 0.6 is 0 Å². The molecule has 0 saturated heterocycles. The maximum atomic E-state index is 12.2. The summed E-state index contributed by atoms with van der Waals surface area (Å²) < 4.78 is 0. The lowest BCUT2D eigenvalue weighted by molar-refractivity contribution is -0.120. The smallest absolute Gasteiger partial charge is 0.227 e. The van der Waals surface area contributed by atoms with E-state index >= 15 is 0 Å². The van der Waals surface area contributed by atoms with Crippen molar-refractivity contribution in [2.24, 2.45) is 5.92 Å². The number of hydrogen-bond acceptors (Lipinski definition) is 1. The second-order valence-corrected chi connectivity index (χ2v) is 5.06. The van der Waals surface area contributed by atoms with Crippen LogP contribution in [0.25, 0.3) is 0 Å². The summed E-state index contributed by atoms with van der Waals surface area (Å²) in [4.78, 5) is 12.2. The lowest BCUT2D eigenvalue weighted by atomic mass is 9.98. The molecular formula is C16H25NO. The van der Waals surface area contributed by atoms with Gasteiger partial charge in [-0.25, -0.2) is 0 Å². The Bertz CT molecular complexity index is 398. The first-order valence-corrected chi connectivity index (χ1v) is 6.96. The highest BCUT2D eigenvalue weighted by molar-refractivity contribution is 5.93. The van der Waals surface area contributed by atoms with Crippen LogP contribution in [0.4, 0.5) is 5.69 Å². The maximum absolute atomic E-state index is 12.2. The summed E-state index contributed by atoms with van der Waals surface area (Å²) in [6.45, 7) is 8.32. The molecule has 1 aromatic carbocycles. The highest BCUT2D eigenvalue weighted by Gasteiger charge is 2.16. The predicted molar refractivity (Wildman–Crippen MR) is 77.9 cm³/mol. The van der Waals surface area contributed by atoms with Crippen molar-refractivity contribution in [1.29, 1.82) is 0 Å². The lowest BCUT2D eigenvalue weighted by Gasteiger charge is -2.16. The van der Waals surface area contributed by atoms with Crippen molar-refractivity contribution in [3.63, 3.8) is 0 Å². The minimum atomic E-state index is 0.143. The summed E-state index contributed by atoms with van der Waals surface area (Å²) in [5, 5.41) is 3.07. The molecule has 0 fully saturated rings. The molecule has 0 aliphatic heterocycles. The highest BCUT2D eigenvalue weighted by Crippen LogP contribution is 2.20. The molecule has 1 rings (SSSR count). The Labute approximate surface area is 111 Å². The van der Waals surface area contributed by atoms with Crippen LogP contribution in [-0.2, 0) is 4.79 Å². The van der Waals surface area contributed by atoms with E-state index in [0.29, 0.717) is 0 Å². The van der Waals surface area contributed by atoms with Crippen LogP contribution in [0.2, 0.25) is 0 Å². The number of benzene rings is 1. The van der Waals surface area contributed by atoms with Gasteiger partial charge in [-0.2, -0.15) is 0 Å². The van der Waals surface area contributed by atoms with Gasteiger partial charge in [0.05, 0.1) is 0 Å². The van der Waals surface area contributed by atoms with Gasteiger partial charge in [-0.05, 0) is 43.9 Å². The van der Waals surface area contributed by atoms with E-state index in [0.717, 1.165) is 36.9 Å². The molecule has 0 aromatic heterocycles. The molecule has 0 radical (unpaired) electrons. The van der Waals surface area contributed by atoms with Crippen molar-refractivity contribution in [3.8, 4) is 0 Å². The average molecular weight is 247 g/mol. The summed E-state index contributed by atoms with van der Waals surface area (Å²) in [6.07, 6.45) is 4.17. The molecule has 1 unspecified atom stereocenters. The topological polar surface area (TPSA) is 29.1 Å². The van der Waals surface area contributed by atoms with Crippen molar-refractivity contribution >= 4 is 11.6 Å². The van der Waals surface area contributed by atoms with E-state index in [4.69, 9.17) is 0 Å². The number of nitrogens with one attached hydrogen (secondary N) is 1. The van der Waals surface area contributed by atoms with Crippen LogP contribution < -0.4 is 5.32 Å². The fourth-order valence-corrected chi connectivity index (χ4v) is 2.08. The first-order valence-electron chi connectivity index (χ1n) is 6.96. The predicted octanol–water partition coefficient (Wildman–Crippen LogP) is 4.46. The number of aryl methyl sites for hydroxylation is 2. The zero-order valence-electron chi connectivity index (χ0n) is 12.0. The molecule has 0 heterocycles. The molecule has 1 atom stereocenters. The Morgan fingerprint density at radius 1 is 1.28 bits per heavy atom. The zero-order chi connectivity index (χ0) is 13.5. The summed E-state index contributed by atoms with van der Waals surface area (Å²) >= 11 is 0. The molecular weight excluding hydrogens is 222 g/mol. The van der Waals surface area contributed by atoms with Gasteiger partial charge in [-0.1, -0.05) is 38.8 Å². The Hall–Kier alpha value is -1.31. The fourth-order valence-electron chi connectivity index (χ4n) is 2.08. The van der Waals surface area contributed by atoms with Crippen molar-refractivity contribution in [3.05, 3.63) is 29.3 Å². The van der Waals surface area contributed by atoms with Crippen molar-refractivity contribution in [1.82, 2.24) is 0 Å². The summed E-state index contributed by atoms with van der Waals surface area (Å²) in [5.41, 5.74) is 3.26. The third kappa shape index (κ3) is 4.17. The van der Waals surface area contributed by atoms with Gasteiger partial charge in [0.15, 0.2) is 0 Å². The summed E-state index contributed by atoms with van der Waals surface area (Å²) in [6, 6.07) is 6.16. The van der Waals surface area contributed by atoms with E-state index in [1.165, 1.54) is 5.56 Å². The largest absolute Gasteiger partial charge is 0.326 e. The van der Waals surface area contributed by atoms with E-state index in [9.17, 15) is 4.79 Å². The number of amides is 1. The van der Waals surface area contributed by atoms with Crippen LogP contribution in [-0.4, -0.2) is 5.91 Å². The third-order valence-electron chi connectivity index (χ3n) is 3.42. The standard InChI is InChI=1S/C16H25NO/c1-5-7-8-14(6-2)16(18)17-15-11-12(3)9-10-13(15)4/h9-11,14H,5-8H2,1-4H3,(H,17,18). The van der Waals surface area contributed by atoms with Crippen molar-refractivity contribution in [2.75, 3.05) is 5.32 Å². The van der Waals surface area contributed by atoms with Gasteiger partial charge in [0, 0.05) is 11.6 Å². The fraction of sp³-hybridized carbons (Fsp3) is 0.562. The van der Waals surface area contributed by atoms with Gasteiger partial charge < -0.3 is 5.32 Å². The Morgan fingerprint density at radius 3 is 2.61 bits per heavy atom. The summed E-state index contributed by atoms with van der Waals surface area (Å²) in [5.74, 6) is 0.310. The van der Waals surface area contributed by atoms with E-state index < -0.39 is 0 Å². The number of hydrogen-bond donors (Lipinski definition) is 1. The van der Waals surface area contributed by atoms with Crippen molar-refractivity contribution < 1.29 is 4.79 Å². The number of rotatable bonds is 6. The Morgan fingerprint density at radius 2 is 2.00 bits per heavy atom. The minimum absolute atomic E-state index is 0.143. The van der Waals surface area contributed by atoms with Crippen LogP contribution in [0.1, 0.15) is 50.7 Å². The van der Waals surface area contributed by atoms with Gasteiger partial charge in [0.1, 0.15) is 0 Å². The third-order valence-corrected chi connectivity index (χ3v) is 3.42.